The van der Waals surface area contributed by atoms with Gasteiger partial charge in [0, 0.05) is 26.7 Å². The molecule has 1 N–H and O–H groups in total. The zero-order chi connectivity index (χ0) is 28.5. The highest BCUT2D eigenvalue weighted by atomic mass is 35.5. The molecule has 0 aliphatic heterocycles. The summed E-state index contributed by atoms with van der Waals surface area (Å²) in [7, 11) is 0. The summed E-state index contributed by atoms with van der Waals surface area (Å²) in [5.74, 6) is -1.26. The number of ether oxygens (including phenoxy) is 3. The first-order valence-corrected chi connectivity index (χ1v) is 12.7. The molecule has 4 aromatic carbocycles. The molecule has 4 rings (SSSR count). The third-order valence-electron chi connectivity index (χ3n) is 5.13. The Morgan fingerprint density at radius 1 is 0.675 bits per heavy atom. The van der Waals surface area contributed by atoms with Crippen LogP contribution < -0.4 is 19.6 Å². The SMILES string of the molecule is O=C(COc1ccc(Cl)cc1)NN=Cc1ccc(OC(=O)c2ccc(Cl)cc2)cc1OC(=O)c1ccc(Cl)cc1. The Morgan fingerprint density at radius 2 is 1.18 bits per heavy atom. The fraction of sp³-hybridized carbons (Fsp3) is 0.0345. The first-order chi connectivity index (χ1) is 19.3. The van der Waals surface area contributed by atoms with Crippen LogP contribution >= 0.6 is 34.8 Å². The van der Waals surface area contributed by atoms with Gasteiger partial charge in [-0.1, -0.05) is 34.8 Å². The van der Waals surface area contributed by atoms with Gasteiger partial charge in [-0.05, 0) is 84.9 Å². The second kappa shape index (κ2) is 13.6. The lowest BCUT2D eigenvalue weighted by atomic mass is 10.2. The van der Waals surface area contributed by atoms with E-state index in [0.29, 0.717) is 26.4 Å². The van der Waals surface area contributed by atoms with E-state index in [2.05, 4.69) is 10.5 Å². The minimum absolute atomic E-state index is 0.0248. The van der Waals surface area contributed by atoms with Gasteiger partial charge in [-0.2, -0.15) is 5.10 Å². The molecular formula is C29H19Cl3N2O6. The second-order valence-electron chi connectivity index (χ2n) is 8.03. The zero-order valence-corrected chi connectivity index (χ0v) is 22.7. The third-order valence-corrected chi connectivity index (χ3v) is 5.89. The van der Waals surface area contributed by atoms with Crippen LogP contribution in [0.15, 0.2) is 96.1 Å². The van der Waals surface area contributed by atoms with Crippen molar-refractivity contribution in [1.29, 1.82) is 0 Å². The minimum atomic E-state index is -0.687. The van der Waals surface area contributed by atoms with E-state index in [0.717, 1.165) is 0 Å². The zero-order valence-electron chi connectivity index (χ0n) is 20.5. The van der Waals surface area contributed by atoms with E-state index in [1.807, 2.05) is 0 Å². The molecule has 0 aliphatic rings. The standard InChI is InChI=1S/C29H19Cl3N2O6/c30-21-6-1-18(2-7-21)28(36)39-25-12-5-20(26(15-25)40-29(37)19-3-8-22(31)9-4-19)16-33-34-27(35)17-38-24-13-10-23(32)11-14-24/h1-16H,17H2,(H,34,35). The predicted octanol–water partition coefficient (Wildman–Crippen LogP) is 6.61. The highest BCUT2D eigenvalue weighted by Gasteiger charge is 2.15. The van der Waals surface area contributed by atoms with Crippen molar-refractivity contribution in [3.8, 4) is 17.2 Å². The topological polar surface area (TPSA) is 103 Å². The van der Waals surface area contributed by atoms with E-state index < -0.39 is 17.8 Å². The summed E-state index contributed by atoms with van der Waals surface area (Å²) in [5.41, 5.74) is 3.16. The number of carbonyl (C=O) groups is 3. The maximum Gasteiger partial charge on any atom is 0.343 e. The Kier molecular flexibility index (Phi) is 9.75. The van der Waals surface area contributed by atoms with Crippen LogP contribution in [0.1, 0.15) is 26.3 Å². The number of hydrazone groups is 1. The largest absolute Gasteiger partial charge is 0.484 e. The number of nitrogens with zero attached hydrogens (tertiary/aromatic N) is 1. The summed E-state index contributed by atoms with van der Waals surface area (Å²) in [4.78, 5) is 37.5. The average molecular weight is 598 g/mol. The summed E-state index contributed by atoms with van der Waals surface area (Å²) in [6.07, 6.45) is 1.27. The van der Waals surface area contributed by atoms with Gasteiger partial charge in [0.05, 0.1) is 17.3 Å². The first-order valence-electron chi connectivity index (χ1n) is 11.6. The minimum Gasteiger partial charge on any atom is -0.484 e. The number of halogens is 3. The molecule has 0 unspecified atom stereocenters. The van der Waals surface area contributed by atoms with Crippen LogP contribution in [0.5, 0.6) is 17.2 Å². The number of benzene rings is 4. The summed E-state index contributed by atoms with van der Waals surface area (Å²) in [6.45, 7) is -0.295. The normalized spacial score (nSPS) is 10.7. The molecule has 0 aromatic heterocycles. The van der Waals surface area contributed by atoms with Crippen LogP contribution in [-0.2, 0) is 4.79 Å². The number of hydrogen-bond acceptors (Lipinski definition) is 7. The molecule has 0 spiro atoms. The lowest BCUT2D eigenvalue weighted by molar-refractivity contribution is -0.123. The first kappa shape index (κ1) is 28.6. The van der Waals surface area contributed by atoms with Crippen molar-refractivity contribution in [3.05, 3.63) is 123 Å². The van der Waals surface area contributed by atoms with Gasteiger partial charge in [0.15, 0.2) is 6.61 Å². The van der Waals surface area contributed by atoms with Gasteiger partial charge in [-0.25, -0.2) is 15.0 Å². The number of nitrogens with one attached hydrogen (secondary N) is 1. The molecule has 0 aliphatic carbocycles. The Morgan fingerprint density at radius 3 is 1.75 bits per heavy atom. The molecule has 11 heteroatoms. The molecule has 0 saturated heterocycles. The van der Waals surface area contributed by atoms with Crippen molar-refractivity contribution in [1.82, 2.24) is 5.43 Å². The fourth-order valence-corrected chi connectivity index (χ4v) is 3.53. The van der Waals surface area contributed by atoms with Crippen LogP contribution in [0.4, 0.5) is 0 Å². The van der Waals surface area contributed by atoms with E-state index in [1.54, 1.807) is 48.5 Å². The van der Waals surface area contributed by atoms with Gasteiger partial charge in [0.1, 0.15) is 17.2 Å². The van der Waals surface area contributed by atoms with E-state index in [9.17, 15) is 14.4 Å². The molecule has 202 valence electrons. The summed E-state index contributed by atoms with van der Waals surface area (Å²) >= 11 is 17.6. The van der Waals surface area contributed by atoms with Crippen LogP contribution in [0.3, 0.4) is 0 Å². The number of hydrogen-bond donors (Lipinski definition) is 1. The van der Waals surface area contributed by atoms with Crippen molar-refractivity contribution in [2.24, 2.45) is 5.10 Å². The van der Waals surface area contributed by atoms with Gasteiger partial charge in [-0.15, -0.1) is 0 Å². The van der Waals surface area contributed by atoms with Gasteiger partial charge in [-0.3, -0.25) is 4.79 Å². The third kappa shape index (κ3) is 8.31. The van der Waals surface area contributed by atoms with Crippen molar-refractivity contribution >= 4 is 58.9 Å². The van der Waals surface area contributed by atoms with Gasteiger partial charge >= 0.3 is 11.9 Å². The molecular weight excluding hydrogens is 579 g/mol. The molecule has 8 nitrogen and oxygen atoms in total. The monoisotopic (exact) mass is 596 g/mol. The predicted molar refractivity (Wildman–Crippen MR) is 152 cm³/mol. The molecule has 0 fully saturated rings. The summed E-state index contributed by atoms with van der Waals surface area (Å²) < 4.78 is 16.4. The quantitative estimate of drug-likeness (QED) is 0.101. The van der Waals surface area contributed by atoms with Crippen molar-refractivity contribution < 1.29 is 28.6 Å². The Bertz CT molecular complexity index is 1540. The van der Waals surface area contributed by atoms with Gasteiger partial charge in [0.2, 0.25) is 0 Å². The summed E-state index contributed by atoms with van der Waals surface area (Å²) in [6, 6.07) is 23.1. The van der Waals surface area contributed by atoms with Crippen LogP contribution in [0, 0.1) is 0 Å². The van der Waals surface area contributed by atoms with Gasteiger partial charge < -0.3 is 14.2 Å². The van der Waals surface area contributed by atoms with Crippen LogP contribution in [0.2, 0.25) is 15.1 Å². The highest BCUT2D eigenvalue weighted by molar-refractivity contribution is 6.31. The number of amides is 1. The lowest BCUT2D eigenvalue weighted by Crippen LogP contribution is -2.24. The average Bonchev–Trinajstić information content (AvgIpc) is 2.94. The van der Waals surface area contributed by atoms with Crippen molar-refractivity contribution in [2.75, 3.05) is 6.61 Å². The van der Waals surface area contributed by atoms with E-state index in [1.165, 1.54) is 48.7 Å². The molecule has 0 bridgehead atoms. The Balaban J connectivity index is 1.48. The molecule has 40 heavy (non-hydrogen) atoms. The Hall–Kier alpha value is -4.37. The number of rotatable bonds is 9. The number of carbonyl (C=O) groups excluding carboxylic acids is 3. The molecule has 4 aromatic rings. The van der Waals surface area contributed by atoms with E-state index in [4.69, 9.17) is 49.0 Å². The van der Waals surface area contributed by atoms with Crippen LogP contribution in [-0.4, -0.2) is 30.7 Å². The maximum atomic E-state index is 12.8. The number of esters is 2. The molecule has 0 atom stereocenters. The Labute approximate surface area is 244 Å². The smallest absolute Gasteiger partial charge is 0.343 e. The maximum absolute atomic E-state index is 12.8. The van der Waals surface area contributed by atoms with Crippen LogP contribution in [0.25, 0.3) is 0 Å². The lowest BCUT2D eigenvalue weighted by Gasteiger charge is -2.11. The summed E-state index contributed by atoms with van der Waals surface area (Å²) in [5, 5.41) is 5.38. The van der Waals surface area contributed by atoms with Crippen molar-refractivity contribution in [3.63, 3.8) is 0 Å². The van der Waals surface area contributed by atoms with Gasteiger partial charge in [0.25, 0.3) is 5.91 Å². The highest BCUT2D eigenvalue weighted by Crippen LogP contribution is 2.26. The second-order valence-corrected chi connectivity index (χ2v) is 9.34. The molecule has 0 radical (unpaired) electrons. The molecule has 0 heterocycles. The molecule has 0 saturated carbocycles. The van der Waals surface area contributed by atoms with E-state index in [-0.39, 0.29) is 29.2 Å². The van der Waals surface area contributed by atoms with E-state index >= 15 is 0 Å². The fourth-order valence-electron chi connectivity index (χ4n) is 3.16. The van der Waals surface area contributed by atoms with Crippen molar-refractivity contribution in [2.45, 2.75) is 0 Å². The molecule has 1 amide bonds.